The van der Waals surface area contributed by atoms with Gasteiger partial charge in [-0.05, 0) is 30.3 Å². The molecular weight excluding hydrogens is 1010 g/mol. The van der Waals surface area contributed by atoms with Crippen LogP contribution in [0.1, 0.15) is 44.5 Å². The Bertz CT molecular complexity index is 2230. The zero-order valence-corrected chi connectivity index (χ0v) is 33.9. The summed E-state index contributed by atoms with van der Waals surface area (Å²) in [7, 11) is -1.87. The first-order valence-electron chi connectivity index (χ1n) is 17.5. The van der Waals surface area contributed by atoms with Crippen LogP contribution in [0.15, 0.2) is 84.4 Å². The average Bonchev–Trinajstić information content (AvgIpc) is 3.15. The number of halogens is 24. The summed E-state index contributed by atoms with van der Waals surface area (Å²) in [5, 5.41) is 16.6. The number of benzene rings is 4. The Morgan fingerprint density at radius 3 is 0.676 bits per heavy atom. The average molecular weight is 1030 g/mol. The van der Waals surface area contributed by atoms with Crippen LogP contribution in [0.5, 0.6) is 0 Å². The van der Waals surface area contributed by atoms with Gasteiger partial charge in [0.25, 0.3) is 0 Å². The highest BCUT2D eigenvalue weighted by Gasteiger charge is 2.47. The van der Waals surface area contributed by atoms with E-state index in [9.17, 15) is 110 Å². The summed E-state index contributed by atoms with van der Waals surface area (Å²) in [5.41, 5.74) is -30.2. The summed E-state index contributed by atoms with van der Waals surface area (Å²) in [6.07, 6.45) is -50.2. The second-order valence-electron chi connectivity index (χ2n) is 14.7. The summed E-state index contributed by atoms with van der Waals surface area (Å²) in [4.78, 5) is 0. The van der Waals surface area contributed by atoms with E-state index in [1.165, 1.54) is 6.08 Å². The molecular formula is C39H21BF24N2OS. The van der Waals surface area contributed by atoms with Crippen LogP contribution in [0.3, 0.4) is 0 Å². The monoisotopic (exact) mass is 1030 g/mol. The van der Waals surface area contributed by atoms with Crippen molar-refractivity contribution in [3.8, 4) is 12.1 Å². The van der Waals surface area contributed by atoms with Gasteiger partial charge in [0.15, 0.2) is 0 Å². The molecule has 0 unspecified atom stereocenters. The minimum atomic E-state index is -6.13. The lowest BCUT2D eigenvalue weighted by Crippen LogP contribution is -2.75. The Morgan fingerprint density at radius 2 is 0.559 bits per heavy atom. The molecule has 0 amide bonds. The van der Waals surface area contributed by atoms with Gasteiger partial charge in [-0.15, -0.1) is 4.21 Å². The fourth-order valence-electron chi connectivity index (χ4n) is 6.47. The standard InChI is InChI=1S/C32H12BF24.C7H9N2OS/c34-25(35,36)13-1-14(26(37,38)39)6-21(5-13)33(22-7-15(27(40,41)42)2-16(8-22)28(43,44)45,23-9-17(29(46,47)48)3-18(10-23)30(49,50)51)24-11-19(31(52,53)54)4-20(12-24)32(55,56)57;1-11(2,10)4-3-7(5-8)6-9/h1-12H;3H,4H2,1-2H3/q-1;+1. The molecule has 0 N–H and O–H groups in total. The maximum absolute atomic E-state index is 14.2. The van der Waals surface area contributed by atoms with Crippen molar-refractivity contribution >= 4 is 37.9 Å². The maximum atomic E-state index is 14.2. The van der Waals surface area contributed by atoms with E-state index < -0.39 is 205 Å². The molecule has 0 aliphatic heterocycles. The lowest BCUT2D eigenvalue weighted by molar-refractivity contribution is -0.144. The lowest BCUT2D eigenvalue weighted by atomic mass is 9.12. The molecule has 0 saturated carbocycles. The third-order valence-electron chi connectivity index (χ3n) is 9.37. The molecule has 0 bridgehead atoms. The van der Waals surface area contributed by atoms with Crippen LogP contribution in [-0.4, -0.2) is 24.4 Å². The Kier molecular flexibility index (Phi) is 15.4. The first-order valence-corrected chi connectivity index (χ1v) is 20.1. The normalized spacial score (nSPS) is 13.5. The van der Waals surface area contributed by atoms with E-state index in [1.54, 1.807) is 24.6 Å². The molecule has 3 nitrogen and oxygen atoms in total. The SMILES string of the molecule is C[S+](C)(=O)CC=C(C#N)C#N.FC(F)(F)c1cc([B-](c2cc(C(F)(F)F)cc(C(F)(F)F)c2)(c2cc(C(F)(F)F)cc(C(F)(F)F)c2)c2cc(C(F)(F)F)cc(C(F)(F)F)c2)cc(C(F)(F)F)c1. The quantitative estimate of drug-likeness (QED) is 0.0837. The number of alkyl halides is 24. The largest absolute Gasteiger partial charge is 0.416 e. The summed E-state index contributed by atoms with van der Waals surface area (Å²) in [6, 6.07) is -5.41. The van der Waals surface area contributed by atoms with Crippen molar-refractivity contribution in [2.45, 2.75) is 49.4 Å². The van der Waals surface area contributed by atoms with Crippen LogP contribution < -0.4 is 21.9 Å². The zero-order chi connectivity index (χ0) is 52.8. The molecule has 0 aliphatic rings. The second kappa shape index (κ2) is 18.6. The van der Waals surface area contributed by atoms with Gasteiger partial charge in [-0.2, -0.15) is 138 Å². The van der Waals surface area contributed by atoms with Crippen molar-refractivity contribution in [3.63, 3.8) is 0 Å². The molecule has 0 saturated heterocycles. The number of allylic oxidation sites excluding steroid dienone is 1. The predicted molar refractivity (Wildman–Crippen MR) is 194 cm³/mol. The summed E-state index contributed by atoms with van der Waals surface area (Å²) in [6.45, 7) is 0. The van der Waals surface area contributed by atoms with Crippen molar-refractivity contribution < 1.29 is 110 Å². The highest BCUT2D eigenvalue weighted by molar-refractivity contribution is 8.01. The van der Waals surface area contributed by atoms with Gasteiger partial charge in [0.1, 0.15) is 42.1 Å². The van der Waals surface area contributed by atoms with Gasteiger partial charge in [0.2, 0.25) is 0 Å². The van der Waals surface area contributed by atoms with Crippen LogP contribution in [0.2, 0.25) is 0 Å². The van der Waals surface area contributed by atoms with Gasteiger partial charge in [0.05, 0.1) is 54.4 Å². The predicted octanol–water partition coefficient (Wildman–Crippen LogP) is 11.9. The summed E-state index contributed by atoms with van der Waals surface area (Å²) in [5.74, 6) is 0.295. The third kappa shape index (κ3) is 13.6. The van der Waals surface area contributed by atoms with Gasteiger partial charge >= 0.3 is 49.4 Å². The number of rotatable bonds is 6. The van der Waals surface area contributed by atoms with E-state index >= 15 is 0 Å². The number of hydrogen-bond donors (Lipinski definition) is 0. The van der Waals surface area contributed by atoms with Gasteiger partial charge < -0.3 is 0 Å². The maximum Gasteiger partial charge on any atom is 0.416 e. The highest BCUT2D eigenvalue weighted by atomic mass is 32.2. The molecule has 0 atom stereocenters. The van der Waals surface area contributed by atoms with Crippen LogP contribution in [0.25, 0.3) is 0 Å². The van der Waals surface area contributed by atoms with Crippen molar-refractivity contribution in [3.05, 3.63) is 129 Å². The van der Waals surface area contributed by atoms with Gasteiger partial charge in [0, 0.05) is 0 Å². The first kappa shape index (κ1) is 56.5. The number of hydrogen-bond acceptors (Lipinski definition) is 3. The van der Waals surface area contributed by atoms with Crippen molar-refractivity contribution in [1.82, 2.24) is 0 Å². The summed E-state index contributed by atoms with van der Waals surface area (Å²) >= 11 is 0. The molecule has 0 spiro atoms. The Labute approximate surface area is 366 Å². The number of nitriles is 2. The minimum absolute atomic E-state index is 0.0291. The highest BCUT2D eigenvalue weighted by Crippen LogP contribution is 2.41. The summed E-state index contributed by atoms with van der Waals surface area (Å²) < 4.78 is 352. The van der Waals surface area contributed by atoms with Gasteiger partial charge in [-0.1, -0.05) is 48.5 Å². The molecule has 370 valence electrons. The van der Waals surface area contributed by atoms with Gasteiger partial charge in [-0.25, -0.2) is 0 Å². The second-order valence-corrected chi connectivity index (χ2v) is 17.9. The molecule has 0 heterocycles. The molecule has 0 aromatic heterocycles. The van der Waals surface area contributed by atoms with Crippen LogP contribution in [-0.2, 0) is 63.6 Å². The molecule has 68 heavy (non-hydrogen) atoms. The van der Waals surface area contributed by atoms with E-state index in [2.05, 4.69) is 0 Å². The zero-order valence-electron chi connectivity index (χ0n) is 33.1. The van der Waals surface area contributed by atoms with E-state index in [-0.39, 0.29) is 5.57 Å². The van der Waals surface area contributed by atoms with E-state index in [4.69, 9.17) is 10.5 Å². The fourth-order valence-corrected chi connectivity index (χ4v) is 7.04. The molecule has 4 aromatic rings. The lowest BCUT2D eigenvalue weighted by Gasteiger charge is -2.46. The first-order chi connectivity index (χ1) is 30.3. The van der Waals surface area contributed by atoms with Crippen LogP contribution >= 0.6 is 0 Å². The van der Waals surface area contributed by atoms with Crippen molar-refractivity contribution in [1.29, 1.82) is 10.5 Å². The molecule has 0 radical (unpaired) electrons. The van der Waals surface area contributed by atoms with Gasteiger partial charge in [-0.3, -0.25) is 0 Å². The smallest absolute Gasteiger partial charge is 0.194 e. The fraction of sp³-hybridized carbons (Fsp3) is 0.282. The van der Waals surface area contributed by atoms with Crippen LogP contribution in [0.4, 0.5) is 105 Å². The third-order valence-corrected chi connectivity index (χ3v) is 10.3. The Hall–Kier alpha value is -5.87. The number of nitrogens with zero attached hydrogens (tertiary/aromatic N) is 2. The molecule has 0 aliphatic carbocycles. The van der Waals surface area contributed by atoms with E-state index in [0.717, 1.165) is 0 Å². The topological polar surface area (TPSA) is 64.7 Å². The molecule has 4 aromatic carbocycles. The van der Waals surface area contributed by atoms with Crippen molar-refractivity contribution in [2.75, 3.05) is 18.3 Å². The Morgan fingerprint density at radius 1 is 0.397 bits per heavy atom. The van der Waals surface area contributed by atoms with Crippen LogP contribution in [0, 0.1) is 22.7 Å². The molecule has 4 rings (SSSR count). The molecule has 0 fully saturated rings. The Balaban J connectivity index is 0.000000985. The molecule has 29 heteroatoms. The van der Waals surface area contributed by atoms with E-state index in [1.807, 2.05) is 0 Å². The van der Waals surface area contributed by atoms with Crippen molar-refractivity contribution in [2.24, 2.45) is 0 Å². The minimum Gasteiger partial charge on any atom is -0.194 e. The van der Waals surface area contributed by atoms with E-state index in [0.29, 0.717) is 5.75 Å².